The molecule has 16 heavy (non-hydrogen) atoms. The van der Waals surface area contributed by atoms with Gasteiger partial charge in [0.1, 0.15) is 0 Å². The fourth-order valence-corrected chi connectivity index (χ4v) is 1.68. The van der Waals surface area contributed by atoms with Crippen LogP contribution in [0.4, 0.5) is 0 Å². The molecule has 0 aliphatic carbocycles. The third-order valence-electron chi connectivity index (χ3n) is 2.27. The Hall–Kier alpha value is -0.930. The monoisotopic (exact) mass is 243 g/mol. The standard InChI is InChI=1S/C12H18ClNO2/c1-8(2)14-7-9-5-6-10(15-3)12(16-4)11(9)13/h5-6,8,14H,7H2,1-4H3. The summed E-state index contributed by atoms with van der Waals surface area (Å²) in [4.78, 5) is 0. The van der Waals surface area contributed by atoms with Crippen LogP contribution in [0.15, 0.2) is 12.1 Å². The lowest BCUT2D eigenvalue weighted by molar-refractivity contribution is 0.354. The van der Waals surface area contributed by atoms with E-state index in [1.54, 1.807) is 14.2 Å². The summed E-state index contributed by atoms with van der Waals surface area (Å²) in [5, 5.41) is 3.92. The van der Waals surface area contributed by atoms with Crippen molar-refractivity contribution in [3.63, 3.8) is 0 Å². The first-order valence-electron chi connectivity index (χ1n) is 5.22. The number of nitrogens with one attached hydrogen (secondary N) is 1. The molecule has 0 aliphatic rings. The second kappa shape index (κ2) is 5.97. The van der Waals surface area contributed by atoms with E-state index < -0.39 is 0 Å². The van der Waals surface area contributed by atoms with E-state index in [-0.39, 0.29) is 0 Å². The third kappa shape index (κ3) is 3.03. The summed E-state index contributed by atoms with van der Waals surface area (Å²) in [7, 11) is 3.18. The summed E-state index contributed by atoms with van der Waals surface area (Å²) in [6.07, 6.45) is 0. The van der Waals surface area contributed by atoms with E-state index in [0.717, 1.165) is 12.1 Å². The summed E-state index contributed by atoms with van der Waals surface area (Å²) < 4.78 is 10.4. The van der Waals surface area contributed by atoms with Crippen molar-refractivity contribution in [2.45, 2.75) is 26.4 Å². The van der Waals surface area contributed by atoms with Gasteiger partial charge < -0.3 is 14.8 Å². The van der Waals surface area contributed by atoms with Gasteiger partial charge in [-0.1, -0.05) is 31.5 Å². The van der Waals surface area contributed by atoms with E-state index in [0.29, 0.717) is 22.6 Å². The molecule has 3 nitrogen and oxygen atoms in total. The molecule has 0 aromatic heterocycles. The molecule has 0 amide bonds. The van der Waals surface area contributed by atoms with Gasteiger partial charge in [0.2, 0.25) is 0 Å². The van der Waals surface area contributed by atoms with Crippen LogP contribution in [0, 0.1) is 0 Å². The smallest absolute Gasteiger partial charge is 0.179 e. The van der Waals surface area contributed by atoms with Crippen LogP contribution in [-0.4, -0.2) is 20.3 Å². The second-order valence-electron chi connectivity index (χ2n) is 3.81. The van der Waals surface area contributed by atoms with Gasteiger partial charge in [0, 0.05) is 12.6 Å². The SMILES string of the molecule is COc1ccc(CNC(C)C)c(Cl)c1OC. The zero-order valence-corrected chi connectivity index (χ0v) is 10.9. The molecule has 0 atom stereocenters. The molecule has 0 saturated heterocycles. The molecule has 1 rings (SSSR count). The summed E-state index contributed by atoms with van der Waals surface area (Å²) in [6.45, 7) is 4.90. The molecule has 0 fully saturated rings. The fourth-order valence-electron chi connectivity index (χ4n) is 1.38. The highest BCUT2D eigenvalue weighted by molar-refractivity contribution is 6.33. The number of benzene rings is 1. The molecule has 1 aromatic carbocycles. The number of methoxy groups -OCH3 is 2. The van der Waals surface area contributed by atoms with Gasteiger partial charge in [0.05, 0.1) is 19.2 Å². The summed E-state index contributed by atoms with van der Waals surface area (Å²) in [5.74, 6) is 1.24. The van der Waals surface area contributed by atoms with Crippen LogP contribution in [0.1, 0.15) is 19.4 Å². The number of ether oxygens (including phenoxy) is 2. The average molecular weight is 244 g/mol. The molecule has 0 aliphatic heterocycles. The van der Waals surface area contributed by atoms with E-state index in [1.807, 2.05) is 12.1 Å². The van der Waals surface area contributed by atoms with Gasteiger partial charge in [0.25, 0.3) is 0 Å². The van der Waals surface area contributed by atoms with Crippen LogP contribution in [0.2, 0.25) is 5.02 Å². The molecule has 0 saturated carbocycles. The van der Waals surface area contributed by atoms with Crippen LogP contribution in [-0.2, 0) is 6.54 Å². The first kappa shape index (κ1) is 13.1. The van der Waals surface area contributed by atoms with Gasteiger partial charge in [-0.3, -0.25) is 0 Å². The summed E-state index contributed by atoms with van der Waals surface area (Å²) in [6, 6.07) is 4.23. The molecular formula is C12H18ClNO2. The van der Waals surface area contributed by atoms with Crippen molar-refractivity contribution in [3.05, 3.63) is 22.7 Å². The quantitative estimate of drug-likeness (QED) is 0.863. The maximum atomic E-state index is 6.23. The number of rotatable bonds is 5. The minimum absolute atomic E-state index is 0.421. The van der Waals surface area contributed by atoms with Crippen molar-refractivity contribution in [1.82, 2.24) is 5.32 Å². The average Bonchev–Trinajstić information content (AvgIpc) is 2.26. The highest BCUT2D eigenvalue weighted by Gasteiger charge is 2.12. The second-order valence-corrected chi connectivity index (χ2v) is 4.19. The highest BCUT2D eigenvalue weighted by Crippen LogP contribution is 2.37. The Bertz CT molecular complexity index is 353. The molecule has 0 spiro atoms. The Morgan fingerprint density at radius 3 is 2.44 bits per heavy atom. The topological polar surface area (TPSA) is 30.5 Å². The maximum Gasteiger partial charge on any atom is 0.179 e. The van der Waals surface area contributed by atoms with Gasteiger partial charge in [0.15, 0.2) is 11.5 Å². The van der Waals surface area contributed by atoms with Crippen molar-refractivity contribution >= 4 is 11.6 Å². The van der Waals surface area contributed by atoms with Crippen molar-refractivity contribution in [2.24, 2.45) is 0 Å². The molecule has 0 radical (unpaired) electrons. The zero-order valence-electron chi connectivity index (χ0n) is 10.1. The Kier molecular flexibility index (Phi) is 4.90. The summed E-state index contributed by atoms with van der Waals surface area (Å²) in [5.41, 5.74) is 1.01. The molecule has 0 bridgehead atoms. The zero-order chi connectivity index (χ0) is 12.1. The lowest BCUT2D eigenvalue weighted by Gasteiger charge is -2.14. The van der Waals surface area contributed by atoms with Crippen molar-refractivity contribution in [2.75, 3.05) is 14.2 Å². The van der Waals surface area contributed by atoms with E-state index in [9.17, 15) is 0 Å². The van der Waals surface area contributed by atoms with Crippen LogP contribution in [0.5, 0.6) is 11.5 Å². The van der Waals surface area contributed by atoms with Crippen molar-refractivity contribution in [1.29, 1.82) is 0 Å². The van der Waals surface area contributed by atoms with Crippen LogP contribution in [0.25, 0.3) is 0 Å². The van der Waals surface area contributed by atoms with Crippen LogP contribution < -0.4 is 14.8 Å². The minimum atomic E-state index is 0.421. The van der Waals surface area contributed by atoms with Gasteiger partial charge in [-0.2, -0.15) is 0 Å². The molecule has 4 heteroatoms. The Morgan fingerprint density at radius 2 is 1.94 bits per heavy atom. The van der Waals surface area contributed by atoms with E-state index in [1.165, 1.54) is 0 Å². The lowest BCUT2D eigenvalue weighted by atomic mass is 10.2. The van der Waals surface area contributed by atoms with E-state index >= 15 is 0 Å². The Labute approximate surface area is 102 Å². The highest BCUT2D eigenvalue weighted by atomic mass is 35.5. The molecule has 90 valence electrons. The molecule has 0 unspecified atom stereocenters. The Balaban J connectivity index is 2.95. The largest absolute Gasteiger partial charge is 0.493 e. The predicted molar refractivity (Wildman–Crippen MR) is 66.5 cm³/mol. The molecule has 1 aromatic rings. The number of hydrogen-bond donors (Lipinski definition) is 1. The molecule has 0 heterocycles. The van der Waals surface area contributed by atoms with Gasteiger partial charge in [-0.15, -0.1) is 0 Å². The maximum absolute atomic E-state index is 6.23. The number of halogens is 1. The van der Waals surface area contributed by atoms with Crippen molar-refractivity contribution < 1.29 is 9.47 Å². The van der Waals surface area contributed by atoms with Crippen LogP contribution in [0.3, 0.4) is 0 Å². The van der Waals surface area contributed by atoms with E-state index in [2.05, 4.69) is 19.2 Å². The molecule has 1 N–H and O–H groups in total. The molecular weight excluding hydrogens is 226 g/mol. The van der Waals surface area contributed by atoms with Crippen LogP contribution >= 0.6 is 11.6 Å². The van der Waals surface area contributed by atoms with Gasteiger partial charge in [-0.25, -0.2) is 0 Å². The first-order chi connectivity index (χ1) is 7.60. The van der Waals surface area contributed by atoms with E-state index in [4.69, 9.17) is 21.1 Å². The first-order valence-corrected chi connectivity index (χ1v) is 5.60. The number of hydrogen-bond acceptors (Lipinski definition) is 3. The normalized spacial score (nSPS) is 10.6. The third-order valence-corrected chi connectivity index (χ3v) is 2.68. The minimum Gasteiger partial charge on any atom is -0.493 e. The Morgan fingerprint density at radius 1 is 1.25 bits per heavy atom. The lowest BCUT2D eigenvalue weighted by Crippen LogP contribution is -2.22. The predicted octanol–water partition coefficient (Wildman–Crippen LogP) is 2.86. The van der Waals surface area contributed by atoms with Crippen molar-refractivity contribution in [3.8, 4) is 11.5 Å². The fraction of sp³-hybridized carbons (Fsp3) is 0.500. The van der Waals surface area contributed by atoms with Gasteiger partial charge in [-0.05, 0) is 11.6 Å². The summed E-state index contributed by atoms with van der Waals surface area (Å²) >= 11 is 6.23. The van der Waals surface area contributed by atoms with Gasteiger partial charge >= 0.3 is 0 Å².